The first kappa shape index (κ1) is 18.2. The highest BCUT2D eigenvalue weighted by atomic mass is 32.2. The zero-order chi connectivity index (χ0) is 18.7. The Morgan fingerprint density at radius 3 is 2.38 bits per heavy atom. The van der Waals surface area contributed by atoms with Crippen LogP contribution in [0.3, 0.4) is 0 Å². The number of halogens is 1. The molecule has 1 saturated heterocycles. The van der Waals surface area contributed by atoms with E-state index in [0.717, 1.165) is 41.6 Å². The van der Waals surface area contributed by atoms with Crippen LogP contribution in [-0.4, -0.2) is 26.6 Å². The van der Waals surface area contributed by atoms with E-state index in [1.54, 1.807) is 37.5 Å². The standard InChI is InChI=1S/C17H13FN2O4S2/c1-24-13-6-2-11(3-7-13)10-15-16(21)19-17(25-15)20-26(22,23)14-8-4-12(18)5-9-14/h2-10H,1H3,(H,19,20,21)/b15-10-. The lowest BCUT2D eigenvalue weighted by Crippen LogP contribution is -2.20. The Labute approximate surface area is 153 Å². The van der Waals surface area contributed by atoms with Crippen LogP contribution in [0.15, 0.2) is 62.7 Å². The Morgan fingerprint density at radius 1 is 1.12 bits per heavy atom. The lowest BCUT2D eigenvalue weighted by molar-refractivity contribution is -0.115. The van der Waals surface area contributed by atoms with Gasteiger partial charge in [0.25, 0.3) is 15.9 Å². The van der Waals surface area contributed by atoms with Crippen LogP contribution in [0.25, 0.3) is 6.08 Å². The predicted octanol–water partition coefficient (Wildman–Crippen LogP) is 2.78. The number of amides is 1. The number of benzene rings is 2. The lowest BCUT2D eigenvalue weighted by Gasteiger charge is -2.00. The van der Waals surface area contributed by atoms with E-state index >= 15 is 0 Å². The van der Waals surface area contributed by atoms with E-state index in [9.17, 15) is 17.6 Å². The maximum Gasteiger partial charge on any atom is 0.284 e. The van der Waals surface area contributed by atoms with Crippen molar-refractivity contribution in [2.45, 2.75) is 4.90 Å². The van der Waals surface area contributed by atoms with Gasteiger partial charge in [-0.25, -0.2) is 4.39 Å². The summed E-state index contributed by atoms with van der Waals surface area (Å²) in [5.74, 6) is -0.313. The number of sulfonamides is 1. The summed E-state index contributed by atoms with van der Waals surface area (Å²) < 4.78 is 46.1. The summed E-state index contributed by atoms with van der Waals surface area (Å²) in [5, 5.41) is 2.36. The number of carbonyl (C=O) groups excluding carboxylic acids is 1. The van der Waals surface area contributed by atoms with Crippen molar-refractivity contribution >= 4 is 38.9 Å². The van der Waals surface area contributed by atoms with E-state index in [-0.39, 0.29) is 10.1 Å². The molecule has 0 aliphatic carbocycles. The van der Waals surface area contributed by atoms with Crippen LogP contribution in [0.4, 0.5) is 4.39 Å². The molecule has 0 atom stereocenters. The summed E-state index contributed by atoms with van der Waals surface area (Å²) in [4.78, 5) is 12.2. The van der Waals surface area contributed by atoms with Crippen molar-refractivity contribution in [1.29, 1.82) is 0 Å². The highest BCUT2D eigenvalue weighted by Crippen LogP contribution is 2.28. The first-order valence-electron chi connectivity index (χ1n) is 7.33. The first-order chi connectivity index (χ1) is 12.4. The van der Waals surface area contributed by atoms with E-state index < -0.39 is 21.7 Å². The molecule has 0 aromatic heterocycles. The first-order valence-corrected chi connectivity index (χ1v) is 9.58. The molecule has 0 unspecified atom stereocenters. The van der Waals surface area contributed by atoms with Crippen LogP contribution in [0.2, 0.25) is 0 Å². The average Bonchev–Trinajstić information content (AvgIpc) is 2.94. The highest BCUT2D eigenvalue weighted by molar-refractivity contribution is 8.19. The van der Waals surface area contributed by atoms with Gasteiger partial charge in [0, 0.05) is 0 Å². The third kappa shape index (κ3) is 4.12. The van der Waals surface area contributed by atoms with Gasteiger partial charge in [-0.3, -0.25) is 10.1 Å². The van der Waals surface area contributed by atoms with Gasteiger partial charge in [-0.15, -0.1) is 4.40 Å². The fourth-order valence-electron chi connectivity index (χ4n) is 2.09. The highest BCUT2D eigenvalue weighted by Gasteiger charge is 2.26. The van der Waals surface area contributed by atoms with Gasteiger partial charge in [0.05, 0.1) is 16.9 Å². The average molecular weight is 392 g/mol. The summed E-state index contributed by atoms with van der Waals surface area (Å²) in [5.41, 5.74) is 0.756. The number of hydrogen-bond acceptors (Lipinski definition) is 5. The van der Waals surface area contributed by atoms with Gasteiger partial charge in [-0.05, 0) is 59.8 Å². The van der Waals surface area contributed by atoms with Gasteiger partial charge >= 0.3 is 0 Å². The molecule has 134 valence electrons. The van der Waals surface area contributed by atoms with Crippen LogP contribution < -0.4 is 10.1 Å². The summed E-state index contributed by atoms with van der Waals surface area (Å²) in [6.45, 7) is 0. The minimum atomic E-state index is -4.05. The third-order valence-corrected chi connectivity index (χ3v) is 5.70. The number of ether oxygens (including phenoxy) is 1. The van der Waals surface area contributed by atoms with Gasteiger partial charge < -0.3 is 4.74 Å². The van der Waals surface area contributed by atoms with Crippen LogP contribution in [0, 0.1) is 5.82 Å². The molecule has 0 bridgehead atoms. The van der Waals surface area contributed by atoms with Crippen LogP contribution in [0.1, 0.15) is 5.56 Å². The SMILES string of the molecule is COc1ccc(/C=C2\S/C(=N/S(=O)(=O)c3ccc(F)cc3)NC2=O)cc1. The summed E-state index contributed by atoms with van der Waals surface area (Å²) in [6.07, 6.45) is 1.62. The second-order valence-corrected chi connectivity index (χ2v) is 7.80. The largest absolute Gasteiger partial charge is 0.497 e. The fourth-order valence-corrected chi connectivity index (χ4v) is 4.07. The van der Waals surface area contributed by atoms with Crippen molar-refractivity contribution in [3.8, 4) is 5.75 Å². The monoisotopic (exact) mass is 392 g/mol. The molecule has 1 fully saturated rings. The number of methoxy groups -OCH3 is 1. The smallest absolute Gasteiger partial charge is 0.284 e. The minimum absolute atomic E-state index is 0.0564. The molecule has 0 saturated carbocycles. The van der Waals surface area contributed by atoms with Crippen molar-refractivity contribution in [1.82, 2.24) is 5.32 Å². The van der Waals surface area contributed by atoms with Gasteiger partial charge in [-0.1, -0.05) is 12.1 Å². The van der Waals surface area contributed by atoms with Gasteiger partial charge in [0.15, 0.2) is 5.17 Å². The number of hydrogen-bond donors (Lipinski definition) is 1. The van der Waals surface area contributed by atoms with Crippen molar-refractivity contribution in [2.24, 2.45) is 4.40 Å². The summed E-state index contributed by atoms with van der Waals surface area (Å²) >= 11 is 0.914. The normalized spacial score (nSPS) is 17.5. The lowest BCUT2D eigenvalue weighted by atomic mass is 10.2. The Hall–Kier alpha value is -2.65. The molecule has 0 radical (unpaired) electrons. The molecule has 1 aliphatic rings. The Kier molecular flexibility index (Phi) is 5.10. The molecule has 3 rings (SSSR count). The Morgan fingerprint density at radius 2 is 1.77 bits per heavy atom. The van der Waals surface area contributed by atoms with Crippen molar-refractivity contribution in [2.75, 3.05) is 7.11 Å². The Bertz CT molecular complexity index is 998. The molecule has 0 spiro atoms. The molecule has 1 aliphatic heterocycles. The van der Waals surface area contributed by atoms with Gasteiger partial charge in [0.1, 0.15) is 11.6 Å². The van der Waals surface area contributed by atoms with Crippen LogP contribution in [-0.2, 0) is 14.8 Å². The molecule has 1 N–H and O–H groups in total. The van der Waals surface area contributed by atoms with Gasteiger partial charge in [-0.2, -0.15) is 8.42 Å². The number of thioether (sulfide) groups is 1. The van der Waals surface area contributed by atoms with E-state index in [4.69, 9.17) is 4.74 Å². The number of carbonyl (C=O) groups is 1. The van der Waals surface area contributed by atoms with Crippen LogP contribution in [0.5, 0.6) is 5.75 Å². The Balaban J connectivity index is 1.83. The number of nitrogens with zero attached hydrogens (tertiary/aromatic N) is 1. The van der Waals surface area contributed by atoms with Crippen LogP contribution >= 0.6 is 11.8 Å². The molecule has 9 heteroatoms. The molecular formula is C17H13FN2O4S2. The molecule has 6 nitrogen and oxygen atoms in total. The number of amidine groups is 1. The van der Waals surface area contributed by atoms with E-state index in [0.29, 0.717) is 10.7 Å². The van der Waals surface area contributed by atoms with Crippen molar-refractivity contribution < 1.29 is 22.3 Å². The predicted molar refractivity (Wildman–Crippen MR) is 97.7 cm³/mol. The zero-order valence-electron chi connectivity index (χ0n) is 13.5. The third-order valence-electron chi connectivity index (χ3n) is 3.38. The summed E-state index contributed by atoms with van der Waals surface area (Å²) in [7, 11) is -2.49. The maximum atomic E-state index is 12.9. The second-order valence-electron chi connectivity index (χ2n) is 5.16. The summed E-state index contributed by atoms with van der Waals surface area (Å²) in [6, 6.07) is 11.3. The maximum absolute atomic E-state index is 12.9. The van der Waals surface area contributed by atoms with Crippen molar-refractivity contribution in [3.05, 3.63) is 64.8 Å². The molecule has 2 aromatic rings. The molecular weight excluding hydrogens is 379 g/mol. The van der Waals surface area contributed by atoms with Gasteiger partial charge in [0.2, 0.25) is 0 Å². The van der Waals surface area contributed by atoms with E-state index in [2.05, 4.69) is 9.71 Å². The molecule has 1 amide bonds. The minimum Gasteiger partial charge on any atom is -0.497 e. The zero-order valence-corrected chi connectivity index (χ0v) is 15.1. The molecule has 26 heavy (non-hydrogen) atoms. The second kappa shape index (κ2) is 7.30. The van der Waals surface area contributed by atoms with Crippen molar-refractivity contribution in [3.63, 3.8) is 0 Å². The van der Waals surface area contributed by atoms with E-state index in [1.165, 1.54) is 0 Å². The topological polar surface area (TPSA) is 84.8 Å². The quantitative estimate of drug-likeness (QED) is 0.809. The molecule has 2 aromatic carbocycles. The number of rotatable bonds is 4. The number of nitrogens with one attached hydrogen (secondary N) is 1. The fraction of sp³-hybridized carbons (Fsp3) is 0.0588. The van der Waals surface area contributed by atoms with E-state index in [1.807, 2.05) is 0 Å². The molecule has 1 heterocycles.